The molecule has 0 amide bonds. The summed E-state index contributed by atoms with van der Waals surface area (Å²) in [4.78, 5) is 14.3. The number of carbonyl (C=O) groups is 1. The Morgan fingerprint density at radius 1 is 1.17 bits per heavy atom. The van der Waals surface area contributed by atoms with Crippen LogP contribution in [0.15, 0.2) is 12.1 Å². The molecular formula is C17H23FN2O3. The molecule has 3 aliphatic heterocycles. The molecule has 1 aromatic carbocycles. The second-order valence-electron chi connectivity index (χ2n) is 6.08. The van der Waals surface area contributed by atoms with E-state index in [-0.39, 0.29) is 13.2 Å². The minimum absolute atomic E-state index is 0. The van der Waals surface area contributed by atoms with Crippen LogP contribution in [0.4, 0.5) is 10.1 Å². The number of hydrogen-bond donors (Lipinski definition) is 1. The molecular weight excluding hydrogens is 299 g/mol. The number of rotatable bonds is 1. The molecule has 2 saturated heterocycles. The molecule has 126 valence electrons. The number of nitrogens with one attached hydrogen (secondary N) is 1. The molecule has 0 bridgehead atoms. The van der Waals surface area contributed by atoms with Gasteiger partial charge in [0.25, 0.3) is 0 Å². The molecule has 0 unspecified atom stereocenters. The molecule has 0 atom stereocenters. The zero-order valence-electron chi connectivity index (χ0n) is 12.4. The molecule has 1 spiro atoms. The first-order valence-corrected chi connectivity index (χ1v) is 7.80. The number of nitrogens with zero attached hydrogens (tertiary/aromatic N) is 1. The first kappa shape index (κ1) is 16.2. The monoisotopic (exact) mass is 322 g/mol. The standard InChI is InChI=1S/C16H19FN2O3.CH4/c17-13-10-11(19-5-7-21-8-6-19)9-12-14(13)16(22-15(12)20)1-3-18-4-2-16;/h9-10,18H,1-8H2;1H4. The highest BCUT2D eigenvalue weighted by Crippen LogP contribution is 2.45. The number of anilines is 1. The smallest absolute Gasteiger partial charge is 0.339 e. The van der Waals surface area contributed by atoms with Crippen molar-refractivity contribution in [2.45, 2.75) is 25.9 Å². The molecule has 1 N–H and O–H groups in total. The van der Waals surface area contributed by atoms with Gasteiger partial charge in [-0.05, 0) is 25.2 Å². The first-order chi connectivity index (χ1) is 10.7. The van der Waals surface area contributed by atoms with Gasteiger partial charge in [0, 0.05) is 37.2 Å². The van der Waals surface area contributed by atoms with Crippen molar-refractivity contribution in [3.05, 3.63) is 29.1 Å². The lowest BCUT2D eigenvalue weighted by molar-refractivity contribution is -0.0255. The molecule has 3 heterocycles. The lowest BCUT2D eigenvalue weighted by Gasteiger charge is -2.33. The van der Waals surface area contributed by atoms with E-state index < -0.39 is 11.6 Å². The van der Waals surface area contributed by atoms with Crippen LogP contribution >= 0.6 is 0 Å². The van der Waals surface area contributed by atoms with E-state index in [1.165, 1.54) is 6.07 Å². The molecule has 3 aliphatic rings. The van der Waals surface area contributed by atoms with E-state index in [2.05, 4.69) is 5.32 Å². The maximum atomic E-state index is 14.8. The van der Waals surface area contributed by atoms with E-state index in [0.717, 1.165) is 18.8 Å². The number of fused-ring (bicyclic) bond motifs is 2. The van der Waals surface area contributed by atoms with Crippen LogP contribution in [0, 0.1) is 5.82 Å². The van der Waals surface area contributed by atoms with Crippen LogP contribution < -0.4 is 10.2 Å². The number of halogens is 1. The van der Waals surface area contributed by atoms with Crippen LogP contribution in [-0.4, -0.2) is 45.4 Å². The van der Waals surface area contributed by atoms with E-state index >= 15 is 0 Å². The third-order valence-electron chi connectivity index (χ3n) is 4.83. The Hall–Kier alpha value is -1.66. The van der Waals surface area contributed by atoms with Gasteiger partial charge in [0.05, 0.1) is 18.8 Å². The number of morpholine rings is 1. The van der Waals surface area contributed by atoms with Crippen LogP contribution in [0.3, 0.4) is 0 Å². The number of benzene rings is 1. The molecule has 0 aromatic heterocycles. The van der Waals surface area contributed by atoms with Crippen molar-refractivity contribution in [1.82, 2.24) is 5.32 Å². The largest absolute Gasteiger partial charge is 0.450 e. The summed E-state index contributed by atoms with van der Waals surface area (Å²) < 4.78 is 25.7. The van der Waals surface area contributed by atoms with E-state index in [4.69, 9.17) is 9.47 Å². The molecule has 23 heavy (non-hydrogen) atoms. The highest BCUT2D eigenvalue weighted by atomic mass is 19.1. The summed E-state index contributed by atoms with van der Waals surface area (Å²) in [6, 6.07) is 3.32. The Morgan fingerprint density at radius 3 is 2.57 bits per heavy atom. The van der Waals surface area contributed by atoms with Gasteiger partial charge >= 0.3 is 5.97 Å². The zero-order chi connectivity index (χ0) is 15.2. The van der Waals surface area contributed by atoms with Crippen molar-refractivity contribution in [3.8, 4) is 0 Å². The molecule has 2 fully saturated rings. The average Bonchev–Trinajstić information content (AvgIpc) is 2.81. The maximum Gasteiger partial charge on any atom is 0.339 e. The summed E-state index contributed by atoms with van der Waals surface area (Å²) in [5, 5.41) is 3.23. The van der Waals surface area contributed by atoms with Crippen LogP contribution in [0.2, 0.25) is 0 Å². The Balaban J connectivity index is 0.00000156. The third kappa shape index (κ3) is 2.60. The topological polar surface area (TPSA) is 50.8 Å². The van der Waals surface area contributed by atoms with Gasteiger partial charge in [0.2, 0.25) is 0 Å². The van der Waals surface area contributed by atoms with Crippen LogP contribution in [-0.2, 0) is 15.1 Å². The van der Waals surface area contributed by atoms with Gasteiger partial charge < -0.3 is 19.7 Å². The van der Waals surface area contributed by atoms with Crippen molar-refractivity contribution >= 4 is 11.7 Å². The summed E-state index contributed by atoms with van der Waals surface area (Å²) in [5.41, 5.74) is 0.813. The first-order valence-electron chi connectivity index (χ1n) is 7.80. The summed E-state index contributed by atoms with van der Waals surface area (Å²) in [6.07, 6.45) is 1.25. The number of hydrogen-bond acceptors (Lipinski definition) is 5. The third-order valence-corrected chi connectivity index (χ3v) is 4.83. The van der Waals surface area contributed by atoms with Gasteiger partial charge in [-0.25, -0.2) is 9.18 Å². The lowest BCUT2D eigenvalue weighted by Crippen LogP contribution is -2.40. The highest BCUT2D eigenvalue weighted by Gasteiger charge is 2.48. The van der Waals surface area contributed by atoms with Crippen LogP contribution in [0.5, 0.6) is 0 Å². The highest BCUT2D eigenvalue weighted by molar-refractivity contribution is 5.96. The molecule has 0 aliphatic carbocycles. The quantitative estimate of drug-likeness (QED) is 0.802. The summed E-state index contributed by atoms with van der Waals surface area (Å²) in [6.45, 7) is 4.14. The van der Waals surface area contributed by atoms with Gasteiger partial charge in [-0.3, -0.25) is 0 Å². The Labute approximate surface area is 135 Å². The fraction of sp³-hybridized carbons (Fsp3) is 0.588. The van der Waals surface area contributed by atoms with Crippen molar-refractivity contribution in [1.29, 1.82) is 0 Å². The maximum absolute atomic E-state index is 14.8. The predicted molar refractivity (Wildman–Crippen MR) is 85.4 cm³/mol. The number of piperidine rings is 1. The fourth-order valence-electron chi connectivity index (χ4n) is 3.69. The molecule has 0 radical (unpaired) electrons. The molecule has 6 heteroatoms. The van der Waals surface area contributed by atoms with Crippen molar-refractivity contribution in [2.24, 2.45) is 0 Å². The summed E-state index contributed by atoms with van der Waals surface area (Å²) in [7, 11) is 0. The van der Waals surface area contributed by atoms with E-state index in [0.29, 0.717) is 50.3 Å². The van der Waals surface area contributed by atoms with Crippen LogP contribution in [0.25, 0.3) is 0 Å². The van der Waals surface area contributed by atoms with E-state index in [9.17, 15) is 9.18 Å². The average molecular weight is 322 g/mol. The van der Waals surface area contributed by atoms with E-state index in [1.54, 1.807) is 6.07 Å². The summed E-state index contributed by atoms with van der Waals surface area (Å²) in [5.74, 6) is -0.724. The molecule has 1 aromatic rings. The van der Waals surface area contributed by atoms with E-state index in [1.807, 2.05) is 4.90 Å². The van der Waals surface area contributed by atoms with Gasteiger partial charge in [-0.1, -0.05) is 7.43 Å². The molecule has 5 nitrogen and oxygen atoms in total. The normalized spacial score (nSPS) is 22.5. The Morgan fingerprint density at radius 2 is 1.87 bits per heavy atom. The van der Waals surface area contributed by atoms with Crippen molar-refractivity contribution < 1.29 is 18.7 Å². The lowest BCUT2D eigenvalue weighted by atomic mass is 9.84. The second-order valence-corrected chi connectivity index (χ2v) is 6.08. The second kappa shape index (κ2) is 6.09. The number of ether oxygens (including phenoxy) is 2. The zero-order valence-corrected chi connectivity index (χ0v) is 12.4. The van der Waals surface area contributed by atoms with Gasteiger partial charge in [-0.2, -0.15) is 0 Å². The number of carbonyl (C=O) groups excluding carboxylic acids is 1. The van der Waals surface area contributed by atoms with Crippen molar-refractivity contribution in [3.63, 3.8) is 0 Å². The van der Waals surface area contributed by atoms with Gasteiger partial charge in [-0.15, -0.1) is 0 Å². The molecule has 4 rings (SSSR count). The molecule has 0 saturated carbocycles. The predicted octanol–water partition coefficient (Wildman–Crippen LogP) is 2.05. The minimum Gasteiger partial charge on any atom is -0.450 e. The fourth-order valence-corrected chi connectivity index (χ4v) is 3.69. The SMILES string of the molecule is C.O=C1OC2(CCNCC2)c2c(F)cc(N3CCOCC3)cc21. The van der Waals surface area contributed by atoms with Gasteiger partial charge in [0.15, 0.2) is 0 Å². The Kier molecular flexibility index (Phi) is 4.29. The number of esters is 1. The van der Waals surface area contributed by atoms with Crippen molar-refractivity contribution in [2.75, 3.05) is 44.3 Å². The summed E-state index contributed by atoms with van der Waals surface area (Å²) >= 11 is 0. The van der Waals surface area contributed by atoms with Crippen LogP contribution in [0.1, 0.15) is 36.2 Å². The Bertz CT molecular complexity index is 608. The van der Waals surface area contributed by atoms with Gasteiger partial charge in [0.1, 0.15) is 11.4 Å². The minimum atomic E-state index is -0.773.